The van der Waals surface area contributed by atoms with Gasteiger partial charge in [0, 0.05) is 19.4 Å². The van der Waals surface area contributed by atoms with Crippen molar-refractivity contribution in [2.45, 2.75) is 284 Å². The lowest BCUT2D eigenvalue weighted by Gasteiger charge is -2.18. The highest BCUT2D eigenvalue weighted by Gasteiger charge is 2.17. The number of rotatable bonds is 51. The molecule has 0 spiro atoms. The van der Waals surface area contributed by atoms with Crippen LogP contribution in [0.1, 0.15) is 278 Å². The molecule has 372 valence electrons. The lowest BCUT2D eigenvalue weighted by atomic mass is 10.0. The van der Waals surface area contributed by atoms with Gasteiger partial charge in [-0.25, -0.2) is 0 Å². The minimum Gasteiger partial charge on any atom is -0.462 e. The molecule has 0 saturated heterocycles. The number of hydrogen-bond donors (Lipinski definition) is 0. The van der Waals surface area contributed by atoms with E-state index in [1.807, 2.05) is 0 Å². The maximum Gasteiger partial charge on any atom is 0.306 e. The van der Waals surface area contributed by atoms with Crippen molar-refractivity contribution in [1.82, 2.24) is 0 Å². The summed E-state index contributed by atoms with van der Waals surface area (Å²) < 4.78 is 17.4. The van der Waals surface area contributed by atoms with Crippen molar-refractivity contribution in [3.8, 4) is 0 Å². The molecule has 0 aliphatic carbocycles. The summed E-state index contributed by atoms with van der Waals surface area (Å²) in [6.45, 7) is 7.67. The predicted octanol–water partition coefficient (Wildman–Crippen LogP) is 18.9. The van der Waals surface area contributed by atoms with Gasteiger partial charge in [0.2, 0.25) is 0 Å². The fourth-order valence-electron chi connectivity index (χ4n) is 7.91. The first kappa shape index (κ1) is 61.6. The first-order valence-corrected chi connectivity index (χ1v) is 27.8. The van der Waals surface area contributed by atoms with Gasteiger partial charge in [0.1, 0.15) is 6.61 Å². The Morgan fingerprint density at radius 3 is 1.16 bits per heavy atom. The number of ether oxygens (including phenoxy) is 3. The first-order valence-electron chi connectivity index (χ1n) is 27.8. The van der Waals surface area contributed by atoms with Crippen LogP contribution < -0.4 is 0 Å². The molecule has 0 N–H and O–H groups in total. The zero-order valence-corrected chi connectivity index (χ0v) is 42.8. The summed E-state index contributed by atoms with van der Waals surface area (Å²) in [6, 6.07) is 0. The molecule has 0 aromatic carbocycles. The summed E-state index contributed by atoms with van der Waals surface area (Å²) >= 11 is 0. The van der Waals surface area contributed by atoms with Gasteiger partial charge in [-0.1, -0.05) is 242 Å². The summed E-state index contributed by atoms with van der Waals surface area (Å²) in [5, 5.41) is 0. The highest BCUT2D eigenvalue weighted by Crippen LogP contribution is 2.16. The van der Waals surface area contributed by atoms with Gasteiger partial charge >= 0.3 is 11.9 Å². The van der Waals surface area contributed by atoms with Crippen LogP contribution in [0.25, 0.3) is 0 Å². The quantitative estimate of drug-likeness (QED) is 0.0346. The second kappa shape index (κ2) is 54.9. The molecule has 0 radical (unpaired) electrons. The van der Waals surface area contributed by atoms with Gasteiger partial charge < -0.3 is 14.2 Å². The highest BCUT2D eigenvalue weighted by molar-refractivity contribution is 5.70. The average molecular weight is 895 g/mol. The third kappa shape index (κ3) is 52.2. The van der Waals surface area contributed by atoms with E-state index in [9.17, 15) is 9.59 Å². The van der Waals surface area contributed by atoms with Crippen molar-refractivity contribution >= 4 is 11.9 Å². The Balaban J connectivity index is 4.28. The van der Waals surface area contributed by atoms with E-state index in [0.717, 1.165) is 77.0 Å². The smallest absolute Gasteiger partial charge is 0.306 e. The van der Waals surface area contributed by atoms with Gasteiger partial charge in [-0.15, -0.1) is 0 Å². The number of esters is 2. The molecule has 1 unspecified atom stereocenters. The van der Waals surface area contributed by atoms with Crippen molar-refractivity contribution in [3.05, 3.63) is 60.8 Å². The fraction of sp³-hybridized carbons (Fsp3) is 0.797. The molecule has 0 heterocycles. The Bertz CT molecular complexity index is 1100. The Hall–Kier alpha value is -2.40. The predicted molar refractivity (Wildman–Crippen MR) is 279 cm³/mol. The minimum atomic E-state index is -0.550. The molecule has 5 heteroatoms. The Morgan fingerprint density at radius 1 is 0.359 bits per heavy atom. The maximum atomic E-state index is 12.8. The monoisotopic (exact) mass is 895 g/mol. The third-order valence-electron chi connectivity index (χ3n) is 12.0. The van der Waals surface area contributed by atoms with Gasteiger partial charge in [-0.05, 0) is 83.5 Å². The molecule has 0 aromatic rings. The molecule has 0 saturated carbocycles. The van der Waals surface area contributed by atoms with E-state index in [1.165, 1.54) is 167 Å². The van der Waals surface area contributed by atoms with Gasteiger partial charge in [0.15, 0.2) is 6.10 Å². The zero-order valence-electron chi connectivity index (χ0n) is 42.8. The van der Waals surface area contributed by atoms with Crippen LogP contribution in [-0.4, -0.2) is 37.9 Å². The van der Waals surface area contributed by atoms with Crippen molar-refractivity contribution < 1.29 is 23.8 Å². The van der Waals surface area contributed by atoms with E-state index < -0.39 is 6.10 Å². The van der Waals surface area contributed by atoms with Crippen molar-refractivity contribution in [2.24, 2.45) is 0 Å². The van der Waals surface area contributed by atoms with Crippen LogP contribution in [-0.2, 0) is 23.8 Å². The lowest BCUT2D eigenvalue weighted by molar-refractivity contribution is -0.163. The molecule has 64 heavy (non-hydrogen) atoms. The number of allylic oxidation sites excluding steroid dienone is 10. The lowest BCUT2D eigenvalue weighted by Crippen LogP contribution is -2.30. The molecule has 5 nitrogen and oxygen atoms in total. The molecule has 0 amide bonds. The van der Waals surface area contributed by atoms with Crippen LogP contribution in [0.5, 0.6) is 0 Å². The summed E-state index contributed by atoms with van der Waals surface area (Å²) in [4.78, 5) is 25.5. The average Bonchev–Trinajstić information content (AvgIpc) is 3.30. The molecule has 0 aromatic heterocycles. The highest BCUT2D eigenvalue weighted by atomic mass is 16.6. The number of carbonyl (C=O) groups is 2. The summed E-state index contributed by atoms with van der Waals surface area (Å²) in [5.74, 6) is -0.408. The topological polar surface area (TPSA) is 61.8 Å². The summed E-state index contributed by atoms with van der Waals surface area (Å²) in [5.41, 5.74) is 0. The Morgan fingerprint density at radius 2 is 0.703 bits per heavy atom. The second-order valence-electron chi connectivity index (χ2n) is 18.5. The first-order chi connectivity index (χ1) is 31.6. The van der Waals surface area contributed by atoms with Crippen LogP contribution >= 0.6 is 0 Å². The minimum absolute atomic E-state index is 0.0737. The zero-order chi connectivity index (χ0) is 46.3. The van der Waals surface area contributed by atoms with E-state index in [-0.39, 0.29) is 25.2 Å². The van der Waals surface area contributed by atoms with E-state index in [4.69, 9.17) is 14.2 Å². The largest absolute Gasteiger partial charge is 0.462 e. The molecule has 0 fully saturated rings. The number of hydrogen-bond acceptors (Lipinski definition) is 5. The van der Waals surface area contributed by atoms with Gasteiger partial charge in [-0.3, -0.25) is 9.59 Å². The standard InChI is InChI=1S/C59H106O5/c1-4-7-10-13-16-19-22-25-28-30-32-34-37-40-43-46-49-52-58(60)63-56-57(55-62-54-51-48-45-42-39-36-27-24-21-18-15-12-9-6-3)64-59(61)53-50-47-44-41-38-35-33-31-29-26-23-20-17-14-11-8-5-2/h9,12,16,18-19,21,25,27-28,36,57H,4-8,10-11,13-15,17,20,22-24,26,29-35,37-56H2,1-3H3/b12-9-,19-16-,21-18-,28-25-,36-27-. The van der Waals surface area contributed by atoms with E-state index in [2.05, 4.69) is 81.5 Å². The number of unbranched alkanes of at least 4 members (excludes halogenated alkanes) is 30. The van der Waals surface area contributed by atoms with E-state index in [0.29, 0.717) is 19.4 Å². The molecule has 1 atom stereocenters. The summed E-state index contributed by atoms with van der Waals surface area (Å²) in [6.07, 6.45) is 69.5. The van der Waals surface area contributed by atoms with E-state index >= 15 is 0 Å². The van der Waals surface area contributed by atoms with Crippen LogP contribution in [0.2, 0.25) is 0 Å². The summed E-state index contributed by atoms with van der Waals surface area (Å²) in [7, 11) is 0. The van der Waals surface area contributed by atoms with Gasteiger partial charge in [0.05, 0.1) is 6.61 Å². The SMILES string of the molecule is CC/C=C\C/C=C\C/C=C\CCCCCCOCC(COC(=O)CCCCCCCCC/C=C\C/C=C\CCCCC)OC(=O)CCCCCCCCCCCCCCCCCCC. The Kier molecular flexibility index (Phi) is 52.9. The van der Waals surface area contributed by atoms with Crippen molar-refractivity contribution in [3.63, 3.8) is 0 Å². The molecule has 0 bridgehead atoms. The van der Waals surface area contributed by atoms with Gasteiger partial charge in [0.25, 0.3) is 0 Å². The molecular formula is C59H106O5. The fourth-order valence-corrected chi connectivity index (χ4v) is 7.91. The van der Waals surface area contributed by atoms with Crippen LogP contribution in [0.3, 0.4) is 0 Å². The normalized spacial score (nSPS) is 12.6. The van der Waals surface area contributed by atoms with Crippen LogP contribution in [0.4, 0.5) is 0 Å². The van der Waals surface area contributed by atoms with E-state index in [1.54, 1.807) is 0 Å². The second-order valence-corrected chi connectivity index (χ2v) is 18.5. The maximum absolute atomic E-state index is 12.8. The number of carbonyl (C=O) groups excluding carboxylic acids is 2. The van der Waals surface area contributed by atoms with Crippen LogP contribution in [0.15, 0.2) is 60.8 Å². The molecule has 0 aliphatic heterocycles. The molecule has 0 rings (SSSR count). The van der Waals surface area contributed by atoms with Crippen LogP contribution in [0, 0.1) is 0 Å². The third-order valence-corrected chi connectivity index (χ3v) is 12.0. The van der Waals surface area contributed by atoms with Crippen molar-refractivity contribution in [2.75, 3.05) is 19.8 Å². The molecular weight excluding hydrogens is 789 g/mol. The molecule has 0 aliphatic rings. The van der Waals surface area contributed by atoms with Gasteiger partial charge in [-0.2, -0.15) is 0 Å². The van der Waals surface area contributed by atoms with Crippen molar-refractivity contribution in [1.29, 1.82) is 0 Å². The Labute approximate surface area is 398 Å².